The Balaban J connectivity index is 3.91. The van der Waals surface area contributed by atoms with Crippen molar-refractivity contribution >= 4 is 19.8 Å². The number of carbonyl (C=O) groups is 2. The van der Waals surface area contributed by atoms with Gasteiger partial charge in [-0.15, -0.1) is 0 Å². The first-order chi connectivity index (χ1) is 36.3. The Labute approximate surface area is 457 Å². The Kier molecular flexibility index (Phi) is 58.1. The maximum absolute atomic E-state index is 12.7. The van der Waals surface area contributed by atoms with Gasteiger partial charge in [-0.3, -0.25) is 18.6 Å². The Bertz CT molecular complexity index is 1390. The van der Waals surface area contributed by atoms with Gasteiger partial charge in [0.2, 0.25) is 0 Å². The van der Waals surface area contributed by atoms with Crippen molar-refractivity contribution in [1.29, 1.82) is 0 Å². The highest BCUT2D eigenvalue weighted by Crippen LogP contribution is 2.43. The fourth-order valence-corrected chi connectivity index (χ4v) is 9.84. The van der Waals surface area contributed by atoms with Crippen LogP contribution in [0.2, 0.25) is 0 Å². The highest BCUT2D eigenvalue weighted by atomic mass is 31.2. The molecule has 0 saturated heterocycles. The lowest BCUT2D eigenvalue weighted by Gasteiger charge is -2.19. The van der Waals surface area contributed by atoms with Crippen LogP contribution in [0.4, 0.5) is 0 Å². The van der Waals surface area contributed by atoms with E-state index in [1.54, 1.807) is 0 Å². The first-order valence-electron chi connectivity index (χ1n) is 31.3. The normalized spacial score (nSPS) is 13.4. The molecule has 3 N–H and O–H groups in total. The molecule has 2 unspecified atom stereocenters. The van der Waals surface area contributed by atoms with Gasteiger partial charge >= 0.3 is 19.8 Å². The molecule has 9 nitrogen and oxygen atoms in total. The molecule has 0 aliphatic heterocycles. The van der Waals surface area contributed by atoms with Crippen molar-refractivity contribution in [3.8, 4) is 0 Å². The number of allylic oxidation sites excluding steroid dienone is 10. The zero-order chi connectivity index (χ0) is 53.8. The molecule has 0 spiro atoms. The van der Waals surface area contributed by atoms with Gasteiger partial charge in [0.1, 0.15) is 6.61 Å². The van der Waals surface area contributed by atoms with Crippen LogP contribution in [0.5, 0.6) is 0 Å². The Morgan fingerprint density at radius 1 is 0.419 bits per heavy atom. The van der Waals surface area contributed by atoms with E-state index < -0.39 is 26.5 Å². The van der Waals surface area contributed by atoms with E-state index >= 15 is 0 Å². The second-order valence-corrected chi connectivity index (χ2v) is 22.4. The van der Waals surface area contributed by atoms with Gasteiger partial charge in [0.25, 0.3) is 0 Å². The lowest BCUT2D eigenvalue weighted by molar-refractivity contribution is -0.161. The standard InChI is InChI=1S/C64H118NO8P/c1-3-5-7-9-11-13-15-17-19-21-23-25-27-29-30-31-32-33-35-37-39-41-43-45-47-49-51-53-55-57-64(67)73-62(61-72-74(68,69)71-59-58-65)60-70-63(66)56-54-52-50-48-46-44-42-40-38-36-34-28-26-24-22-20-18-16-14-12-10-8-6-4-2/h5,7,11,13,17,19,23,25,29-30,62H,3-4,6,8-10,12,14-16,18,20-22,24,26-28,31-61,65H2,1-2H3,(H,68,69)/b7-5-,13-11-,19-17-,25-23-,30-29-. The van der Waals surface area contributed by atoms with Crippen molar-refractivity contribution in [2.24, 2.45) is 5.73 Å². The van der Waals surface area contributed by atoms with Crippen molar-refractivity contribution in [1.82, 2.24) is 0 Å². The van der Waals surface area contributed by atoms with Crippen LogP contribution in [0.15, 0.2) is 60.8 Å². The maximum atomic E-state index is 12.7. The topological polar surface area (TPSA) is 134 Å². The average Bonchev–Trinajstić information content (AvgIpc) is 3.39. The van der Waals surface area contributed by atoms with Crippen molar-refractivity contribution in [3.63, 3.8) is 0 Å². The third-order valence-corrected chi connectivity index (χ3v) is 14.7. The summed E-state index contributed by atoms with van der Waals surface area (Å²) in [6, 6.07) is 0. The number of ether oxygens (including phenoxy) is 2. The molecule has 0 heterocycles. The zero-order valence-corrected chi connectivity index (χ0v) is 49.2. The van der Waals surface area contributed by atoms with Crippen LogP contribution >= 0.6 is 7.82 Å². The van der Waals surface area contributed by atoms with Gasteiger partial charge in [0.05, 0.1) is 13.2 Å². The van der Waals surface area contributed by atoms with Gasteiger partial charge in [0, 0.05) is 19.4 Å². The summed E-state index contributed by atoms with van der Waals surface area (Å²) in [5.74, 6) is -0.815. The number of phosphoric acid groups is 1. The van der Waals surface area contributed by atoms with Crippen LogP contribution in [0.1, 0.15) is 303 Å². The molecule has 74 heavy (non-hydrogen) atoms. The van der Waals surface area contributed by atoms with Crippen molar-refractivity contribution in [3.05, 3.63) is 60.8 Å². The van der Waals surface area contributed by atoms with E-state index in [9.17, 15) is 19.0 Å². The first kappa shape index (κ1) is 71.7. The van der Waals surface area contributed by atoms with E-state index in [1.807, 2.05) is 0 Å². The van der Waals surface area contributed by atoms with Crippen molar-refractivity contribution < 1.29 is 37.6 Å². The predicted molar refractivity (Wildman–Crippen MR) is 316 cm³/mol. The molecule has 10 heteroatoms. The zero-order valence-electron chi connectivity index (χ0n) is 48.3. The Hall–Kier alpha value is -2.29. The van der Waals surface area contributed by atoms with Gasteiger partial charge in [-0.05, 0) is 57.8 Å². The van der Waals surface area contributed by atoms with Gasteiger partial charge in [0.15, 0.2) is 6.10 Å². The molecule has 0 rings (SSSR count). The number of rotatable bonds is 59. The molecule has 0 aromatic rings. The summed E-state index contributed by atoms with van der Waals surface area (Å²) in [7, 11) is -4.39. The number of hydrogen-bond acceptors (Lipinski definition) is 8. The maximum Gasteiger partial charge on any atom is 0.472 e. The molecule has 0 radical (unpaired) electrons. The van der Waals surface area contributed by atoms with E-state index in [0.717, 1.165) is 70.6 Å². The van der Waals surface area contributed by atoms with Crippen LogP contribution < -0.4 is 5.73 Å². The van der Waals surface area contributed by atoms with E-state index in [0.29, 0.717) is 6.42 Å². The molecule has 0 bridgehead atoms. The highest BCUT2D eigenvalue weighted by molar-refractivity contribution is 7.47. The summed E-state index contributed by atoms with van der Waals surface area (Å²) in [4.78, 5) is 35.3. The van der Waals surface area contributed by atoms with Gasteiger partial charge in [-0.2, -0.15) is 0 Å². The third kappa shape index (κ3) is 59.0. The Morgan fingerprint density at radius 2 is 0.743 bits per heavy atom. The minimum absolute atomic E-state index is 0.0534. The summed E-state index contributed by atoms with van der Waals surface area (Å²) in [6.45, 7) is 3.68. The number of carbonyl (C=O) groups excluding carboxylic acids is 2. The van der Waals surface area contributed by atoms with Crippen LogP contribution in [0.3, 0.4) is 0 Å². The molecule has 0 aromatic heterocycles. The minimum Gasteiger partial charge on any atom is -0.462 e. The van der Waals surface area contributed by atoms with Gasteiger partial charge in [-0.25, -0.2) is 4.57 Å². The summed E-state index contributed by atoms with van der Waals surface area (Å²) in [6.07, 6.45) is 75.7. The monoisotopic (exact) mass is 1060 g/mol. The van der Waals surface area contributed by atoms with Crippen LogP contribution in [-0.4, -0.2) is 49.3 Å². The van der Waals surface area contributed by atoms with Gasteiger partial charge in [-0.1, -0.05) is 293 Å². The fraction of sp³-hybridized carbons (Fsp3) is 0.812. The smallest absolute Gasteiger partial charge is 0.462 e. The molecule has 0 saturated carbocycles. The third-order valence-electron chi connectivity index (χ3n) is 13.7. The lowest BCUT2D eigenvalue weighted by atomic mass is 10.0. The summed E-state index contributed by atoms with van der Waals surface area (Å²) in [5, 5.41) is 0. The number of hydrogen-bond donors (Lipinski definition) is 2. The second kappa shape index (κ2) is 59.9. The summed E-state index contributed by atoms with van der Waals surface area (Å²) < 4.78 is 33.1. The van der Waals surface area contributed by atoms with Crippen LogP contribution in [0, 0.1) is 0 Å². The predicted octanol–water partition coefficient (Wildman–Crippen LogP) is 19.9. The molecular weight excluding hydrogens is 942 g/mol. The van der Waals surface area contributed by atoms with Crippen molar-refractivity contribution in [2.75, 3.05) is 26.4 Å². The number of phosphoric ester groups is 1. The molecule has 0 aromatic carbocycles. The first-order valence-corrected chi connectivity index (χ1v) is 32.8. The molecule has 432 valence electrons. The number of nitrogens with two attached hydrogens (primary N) is 1. The minimum atomic E-state index is -4.39. The lowest BCUT2D eigenvalue weighted by Crippen LogP contribution is -2.29. The van der Waals surface area contributed by atoms with Crippen LogP contribution in [-0.2, 0) is 32.7 Å². The highest BCUT2D eigenvalue weighted by Gasteiger charge is 2.26. The van der Waals surface area contributed by atoms with E-state index in [2.05, 4.69) is 74.6 Å². The van der Waals surface area contributed by atoms with Gasteiger partial charge < -0.3 is 20.1 Å². The van der Waals surface area contributed by atoms with E-state index in [1.165, 1.54) is 199 Å². The number of unbranched alkanes of at least 4 members (excludes halogenated alkanes) is 36. The van der Waals surface area contributed by atoms with Crippen molar-refractivity contribution in [2.45, 2.75) is 309 Å². The molecule has 0 aliphatic rings. The quantitative estimate of drug-likeness (QED) is 0.0264. The Morgan fingerprint density at radius 3 is 1.11 bits per heavy atom. The second-order valence-electron chi connectivity index (χ2n) is 20.9. The molecule has 0 amide bonds. The molecular formula is C64H118NO8P. The van der Waals surface area contributed by atoms with Crippen LogP contribution in [0.25, 0.3) is 0 Å². The molecule has 2 atom stereocenters. The average molecular weight is 1060 g/mol. The number of esters is 2. The largest absolute Gasteiger partial charge is 0.472 e. The fourth-order valence-electron chi connectivity index (χ4n) is 9.08. The molecule has 0 aliphatic carbocycles. The summed E-state index contributed by atoms with van der Waals surface area (Å²) in [5.41, 5.74) is 5.39. The van der Waals surface area contributed by atoms with E-state index in [4.69, 9.17) is 24.3 Å². The van der Waals surface area contributed by atoms with E-state index in [-0.39, 0.29) is 38.6 Å². The SMILES string of the molecule is CC/C=C\C/C=C\C/C=C\C/C=C\C/C=C\CCCCCCCCCCCCCCCC(=O)OC(COC(=O)CCCCCCCCCCCCCCCCCCCCCCCCCC)COP(=O)(O)OCCN. The molecule has 0 fully saturated rings. The summed E-state index contributed by atoms with van der Waals surface area (Å²) >= 11 is 0.